The van der Waals surface area contributed by atoms with Crippen LogP contribution in [0.25, 0.3) is 0 Å². The second-order valence-corrected chi connectivity index (χ2v) is 15.5. The smallest absolute Gasteiger partial charge is 0.156 e. The fraction of sp³-hybridized carbons (Fsp3) is 0.656. The molecule has 1 aromatic rings. The zero-order valence-corrected chi connectivity index (χ0v) is 23.1. The molecule has 2 unspecified atom stereocenters. The van der Waals surface area contributed by atoms with Crippen molar-refractivity contribution in [3.63, 3.8) is 0 Å². The van der Waals surface area contributed by atoms with Crippen molar-refractivity contribution in [2.24, 2.45) is 17.3 Å². The molecular formula is C32H41NO3S. The summed E-state index contributed by atoms with van der Waals surface area (Å²) in [5.41, 5.74) is 6.80. The van der Waals surface area contributed by atoms with E-state index >= 15 is 0 Å². The highest BCUT2D eigenvalue weighted by Gasteiger charge is 2.68. The van der Waals surface area contributed by atoms with Gasteiger partial charge in [0.15, 0.2) is 15.6 Å². The molecule has 4 aliphatic carbocycles. The van der Waals surface area contributed by atoms with E-state index < -0.39 is 14.6 Å². The summed E-state index contributed by atoms with van der Waals surface area (Å²) in [4.78, 5) is 14.8. The Bertz CT molecular complexity index is 1290. The predicted molar refractivity (Wildman–Crippen MR) is 149 cm³/mol. The summed E-state index contributed by atoms with van der Waals surface area (Å²) in [5.74, 6) is 1.78. The molecule has 0 N–H and O–H groups in total. The van der Waals surface area contributed by atoms with Gasteiger partial charge in [0.2, 0.25) is 0 Å². The average Bonchev–Trinajstić information content (AvgIpc) is 3.39. The number of carbonyl (C=O) groups is 1. The number of anilines is 1. The molecule has 1 spiro atoms. The fourth-order valence-corrected chi connectivity index (χ4v) is 12.7. The van der Waals surface area contributed by atoms with E-state index in [9.17, 15) is 13.2 Å². The Kier molecular flexibility index (Phi) is 5.59. The van der Waals surface area contributed by atoms with Gasteiger partial charge in [-0.15, -0.1) is 0 Å². The fourth-order valence-electron chi connectivity index (χ4n) is 9.93. The van der Waals surface area contributed by atoms with Gasteiger partial charge in [-0.2, -0.15) is 0 Å². The zero-order chi connectivity index (χ0) is 25.4. The maximum absolute atomic E-state index is 13.7. The molecule has 37 heavy (non-hydrogen) atoms. The van der Waals surface area contributed by atoms with Crippen molar-refractivity contribution in [3.05, 3.63) is 52.6 Å². The molecule has 2 heterocycles. The maximum Gasteiger partial charge on any atom is 0.156 e. The number of carbonyl (C=O) groups excluding carboxylic acids is 1. The number of benzene rings is 1. The quantitative estimate of drug-likeness (QED) is 0.446. The van der Waals surface area contributed by atoms with Crippen LogP contribution < -0.4 is 4.90 Å². The first-order valence-corrected chi connectivity index (χ1v) is 16.5. The molecule has 2 saturated heterocycles. The first-order valence-electron chi connectivity index (χ1n) is 14.9. The van der Waals surface area contributed by atoms with Crippen LogP contribution in [0, 0.1) is 17.3 Å². The molecule has 198 valence electrons. The molecule has 7 rings (SSSR count). The lowest BCUT2D eigenvalue weighted by atomic mass is 9.51. The summed E-state index contributed by atoms with van der Waals surface area (Å²) in [7, 11) is -3.09. The van der Waals surface area contributed by atoms with E-state index in [-0.39, 0.29) is 17.1 Å². The summed E-state index contributed by atoms with van der Waals surface area (Å²) in [5, 5.41) is 0. The third-order valence-electron chi connectivity index (χ3n) is 11.6. The van der Waals surface area contributed by atoms with Crippen molar-refractivity contribution in [1.82, 2.24) is 0 Å². The number of ketones is 1. The Morgan fingerprint density at radius 1 is 0.919 bits per heavy atom. The van der Waals surface area contributed by atoms with Gasteiger partial charge in [0.05, 0.1) is 10.5 Å². The molecule has 0 radical (unpaired) electrons. The minimum Gasteiger partial charge on any atom is -0.372 e. The van der Waals surface area contributed by atoms with E-state index in [1.807, 2.05) is 6.08 Å². The van der Waals surface area contributed by atoms with Crippen LogP contribution in [0.1, 0.15) is 95.5 Å². The largest absolute Gasteiger partial charge is 0.372 e. The monoisotopic (exact) mass is 519 g/mol. The third kappa shape index (κ3) is 3.44. The van der Waals surface area contributed by atoms with Crippen molar-refractivity contribution >= 4 is 21.3 Å². The molecular weight excluding hydrogens is 478 g/mol. The van der Waals surface area contributed by atoms with Crippen molar-refractivity contribution in [2.75, 3.05) is 23.7 Å². The van der Waals surface area contributed by atoms with Crippen molar-refractivity contribution in [2.45, 2.75) is 94.6 Å². The maximum atomic E-state index is 13.7. The molecule has 0 aromatic heterocycles. The number of sulfone groups is 1. The molecule has 2 saturated carbocycles. The van der Waals surface area contributed by atoms with Crippen LogP contribution in [0.3, 0.4) is 0 Å². The number of piperidine rings is 1. The number of allylic oxidation sites excluding steroid dienone is 4. The summed E-state index contributed by atoms with van der Waals surface area (Å²) in [6.45, 7) is 4.64. The number of hydrogen-bond donors (Lipinski definition) is 0. The highest BCUT2D eigenvalue weighted by molar-refractivity contribution is 7.93. The Morgan fingerprint density at radius 3 is 2.43 bits per heavy atom. The van der Waals surface area contributed by atoms with Gasteiger partial charge in [0, 0.05) is 31.1 Å². The van der Waals surface area contributed by atoms with Gasteiger partial charge in [0.25, 0.3) is 0 Å². The average molecular weight is 520 g/mol. The summed E-state index contributed by atoms with van der Waals surface area (Å²) < 4.78 is 26.8. The van der Waals surface area contributed by atoms with Gasteiger partial charge >= 0.3 is 0 Å². The Labute approximate surface area is 222 Å². The third-order valence-corrected chi connectivity index (χ3v) is 14.5. The lowest BCUT2D eigenvalue weighted by Crippen LogP contribution is -2.53. The van der Waals surface area contributed by atoms with Gasteiger partial charge in [-0.25, -0.2) is 8.42 Å². The van der Waals surface area contributed by atoms with Gasteiger partial charge in [-0.05, 0) is 123 Å². The minimum absolute atomic E-state index is 0.182. The Hall–Kier alpha value is -1.88. The Balaban J connectivity index is 1.34. The number of fused-ring (bicyclic) bond motifs is 5. The molecule has 4 nitrogen and oxygen atoms in total. The topological polar surface area (TPSA) is 54.5 Å². The Morgan fingerprint density at radius 2 is 1.70 bits per heavy atom. The molecule has 2 aliphatic heterocycles. The van der Waals surface area contributed by atoms with Crippen molar-refractivity contribution in [1.29, 1.82) is 0 Å². The van der Waals surface area contributed by atoms with Crippen molar-refractivity contribution < 1.29 is 13.2 Å². The van der Waals surface area contributed by atoms with Crippen LogP contribution in [-0.2, 0) is 14.6 Å². The second kappa shape index (κ2) is 8.56. The lowest BCUT2D eigenvalue weighted by molar-refractivity contribution is -0.114. The summed E-state index contributed by atoms with van der Waals surface area (Å²) in [6, 6.07) is 9.32. The molecule has 5 heteroatoms. The standard InChI is InChI=1S/C32H41NO3S/c1-31-21-28(22-6-9-24(10-7-22)33-17-3-2-4-18-33)30-26-13-11-25(34)20-23(26)8-12-27(30)29(31)14-16-32(31)15-5-19-37(32,35)36/h6-7,9-10,20,27-29H,2-5,8,11-19,21H2,1H3/t27?,28-,29?,31+,32+/m1/s1. The van der Waals surface area contributed by atoms with Crippen LogP contribution in [0.15, 0.2) is 47.1 Å². The van der Waals surface area contributed by atoms with Gasteiger partial charge in [-0.1, -0.05) is 24.6 Å². The summed E-state index contributed by atoms with van der Waals surface area (Å²) >= 11 is 0. The van der Waals surface area contributed by atoms with E-state index in [0.717, 1.165) is 64.5 Å². The lowest BCUT2D eigenvalue weighted by Gasteiger charge is -2.55. The molecule has 1 aromatic carbocycles. The van der Waals surface area contributed by atoms with Crippen LogP contribution in [-0.4, -0.2) is 37.8 Å². The number of hydrogen-bond acceptors (Lipinski definition) is 4. The van der Waals surface area contributed by atoms with E-state index in [1.165, 1.54) is 41.7 Å². The first-order chi connectivity index (χ1) is 17.8. The van der Waals surface area contributed by atoms with E-state index in [0.29, 0.717) is 24.0 Å². The van der Waals surface area contributed by atoms with Gasteiger partial charge < -0.3 is 4.90 Å². The van der Waals surface area contributed by atoms with Crippen LogP contribution in [0.5, 0.6) is 0 Å². The van der Waals surface area contributed by atoms with E-state index in [2.05, 4.69) is 36.1 Å². The van der Waals surface area contributed by atoms with Gasteiger partial charge in [-0.3, -0.25) is 4.79 Å². The normalized spacial score (nSPS) is 38.8. The molecule has 5 atom stereocenters. The second-order valence-electron chi connectivity index (χ2n) is 13.1. The highest BCUT2D eigenvalue weighted by Crippen LogP contribution is 2.70. The predicted octanol–water partition coefficient (Wildman–Crippen LogP) is 6.52. The molecule has 4 fully saturated rings. The minimum atomic E-state index is -3.09. The van der Waals surface area contributed by atoms with E-state index in [4.69, 9.17) is 0 Å². The van der Waals surface area contributed by atoms with Crippen LogP contribution in [0.2, 0.25) is 0 Å². The number of rotatable bonds is 2. The molecule has 0 bridgehead atoms. The highest BCUT2D eigenvalue weighted by atomic mass is 32.2. The summed E-state index contributed by atoms with van der Waals surface area (Å²) in [6.07, 6.45) is 13.8. The first kappa shape index (κ1) is 24.2. The zero-order valence-electron chi connectivity index (χ0n) is 22.3. The van der Waals surface area contributed by atoms with Crippen molar-refractivity contribution in [3.8, 4) is 0 Å². The van der Waals surface area contributed by atoms with Gasteiger partial charge in [0.1, 0.15) is 0 Å². The molecule has 6 aliphatic rings. The number of nitrogens with zero attached hydrogens (tertiary/aromatic N) is 1. The van der Waals surface area contributed by atoms with Crippen LogP contribution in [0.4, 0.5) is 5.69 Å². The van der Waals surface area contributed by atoms with Crippen LogP contribution >= 0.6 is 0 Å². The molecule has 0 amide bonds. The SMILES string of the molecule is C[C@]12C[C@H](c3ccc(N4CCCCC4)cc3)C3=C4CCC(=O)C=C4CCC3C1CC[C@@]21CCCS1(=O)=O. The van der Waals surface area contributed by atoms with E-state index in [1.54, 1.807) is 5.57 Å².